The first kappa shape index (κ1) is 26.3. The maximum Gasteiger partial charge on any atom is 0.331 e. The Kier molecular flexibility index (Phi) is 7.29. The van der Waals surface area contributed by atoms with Gasteiger partial charge in [-0.15, -0.1) is 0 Å². The highest BCUT2D eigenvalue weighted by molar-refractivity contribution is 6.31. The van der Waals surface area contributed by atoms with Crippen LogP contribution >= 0.6 is 11.6 Å². The molecule has 0 aromatic heterocycles. The summed E-state index contributed by atoms with van der Waals surface area (Å²) in [5, 5.41) is 13.2. The quantitative estimate of drug-likeness (QED) is 0.411. The summed E-state index contributed by atoms with van der Waals surface area (Å²) in [6, 6.07) is 6.03. The fourth-order valence-corrected chi connectivity index (χ4v) is 5.21. The summed E-state index contributed by atoms with van der Waals surface area (Å²) < 4.78 is 0. The van der Waals surface area contributed by atoms with Crippen LogP contribution in [0.5, 0.6) is 0 Å². The van der Waals surface area contributed by atoms with Gasteiger partial charge in [0.1, 0.15) is 0 Å². The lowest BCUT2D eigenvalue weighted by Crippen LogP contribution is -2.59. The van der Waals surface area contributed by atoms with Gasteiger partial charge < -0.3 is 15.3 Å². The molecule has 186 valence electrons. The molecule has 5 nitrogen and oxygen atoms in total. The molecule has 1 saturated carbocycles. The highest BCUT2D eigenvalue weighted by Gasteiger charge is 2.51. The Balaban J connectivity index is 1.98. The molecule has 0 bridgehead atoms. The number of hydrogen-bond acceptors (Lipinski definition) is 2. The fourth-order valence-electron chi connectivity index (χ4n) is 4.94. The number of carboxylic acids is 1. The van der Waals surface area contributed by atoms with E-state index >= 15 is 0 Å². The van der Waals surface area contributed by atoms with Crippen LogP contribution in [0.3, 0.4) is 0 Å². The van der Waals surface area contributed by atoms with E-state index in [1.807, 2.05) is 12.3 Å². The molecule has 3 rings (SSSR count). The number of nitrogens with zero attached hydrogens (tertiary/aromatic N) is 1. The number of carbonyl (C=O) groups is 2. The first-order valence-corrected chi connectivity index (χ1v) is 12.5. The molecule has 6 heteroatoms. The van der Waals surface area contributed by atoms with Crippen LogP contribution in [0.25, 0.3) is 0 Å². The molecule has 34 heavy (non-hydrogen) atoms. The van der Waals surface area contributed by atoms with Crippen molar-refractivity contribution in [1.82, 2.24) is 10.2 Å². The second-order valence-electron chi connectivity index (χ2n) is 11.8. The predicted molar refractivity (Wildman–Crippen MR) is 138 cm³/mol. The van der Waals surface area contributed by atoms with Crippen molar-refractivity contribution in [2.45, 2.75) is 79.2 Å². The average molecular weight is 487 g/mol. The van der Waals surface area contributed by atoms with Crippen LogP contribution in [-0.2, 0) is 16.8 Å². The first-order chi connectivity index (χ1) is 15.7. The monoisotopic (exact) mass is 486 g/mol. The normalized spacial score (nSPS) is 24.2. The Bertz CT molecular complexity index is 1020. The molecule has 2 aliphatic rings. The van der Waals surface area contributed by atoms with Crippen LogP contribution in [0.1, 0.15) is 78.4 Å². The largest absolute Gasteiger partial charge is 0.478 e. The van der Waals surface area contributed by atoms with Crippen molar-refractivity contribution in [2.75, 3.05) is 6.54 Å². The van der Waals surface area contributed by atoms with Crippen molar-refractivity contribution in [1.29, 1.82) is 0 Å². The van der Waals surface area contributed by atoms with Crippen molar-refractivity contribution in [3.05, 3.63) is 58.3 Å². The highest BCUT2D eigenvalue weighted by atomic mass is 35.5. The first-order valence-electron chi connectivity index (χ1n) is 12.2. The number of fused-ring (bicyclic) bond motifs is 1. The van der Waals surface area contributed by atoms with Crippen molar-refractivity contribution < 1.29 is 14.7 Å². The number of aryl methyl sites for hydroxylation is 1. The number of urea groups is 1. The summed E-state index contributed by atoms with van der Waals surface area (Å²) in [6.07, 6.45) is 5.86. The zero-order valence-corrected chi connectivity index (χ0v) is 22.2. The topological polar surface area (TPSA) is 69.6 Å². The Morgan fingerprint density at radius 1 is 1.29 bits per heavy atom. The molecule has 1 aromatic rings. The lowest BCUT2D eigenvalue weighted by atomic mass is 9.58. The summed E-state index contributed by atoms with van der Waals surface area (Å²) in [6.45, 7) is 17.3. The second-order valence-corrected chi connectivity index (χ2v) is 12.3. The van der Waals surface area contributed by atoms with E-state index in [0.29, 0.717) is 0 Å². The van der Waals surface area contributed by atoms with Gasteiger partial charge in [-0.25, -0.2) is 9.59 Å². The molecule has 2 atom stereocenters. The predicted octanol–water partition coefficient (Wildman–Crippen LogP) is 6.91. The molecule has 1 heterocycles. The lowest BCUT2D eigenvalue weighted by molar-refractivity contribution is -0.132. The third kappa shape index (κ3) is 5.35. The molecule has 1 aromatic carbocycles. The van der Waals surface area contributed by atoms with E-state index in [4.69, 9.17) is 16.7 Å². The Labute approximate surface area is 209 Å². The van der Waals surface area contributed by atoms with Crippen molar-refractivity contribution in [2.24, 2.45) is 16.7 Å². The number of nitrogens with one attached hydrogen (secondary N) is 1. The molecule has 2 N–H and O–H groups in total. The number of rotatable bonds is 7. The Morgan fingerprint density at radius 3 is 2.56 bits per heavy atom. The van der Waals surface area contributed by atoms with Crippen LogP contribution in [0.2, 0.25) is 5.02 Å². The van der Waals surface area contributed by atoms with Gasteiger partial charge >= 0.3 is 12.0 Å². The molecule has 1 fully saturated rings. The zero-order chi connectivity index (χ0) is 25.5. The summed E-state index contributed by atoms with van der Waals surface area (Å²) in [4.78, 5) is 26.0. The third-order valence-corrected chi connectivity index (χ3v) is 8.15. The minimum Gasteiger partial charge on any atom is -0.478 e. The molecule has 1 unspecified atom stereocenters. The number of carbonyl (C=O) groups excluding carboxylic acids is 1. The van der Waals surface area contributed by atoms with E-state index in [1.165, 1.54) is 0 Å². The summed E-state index contributed by atoms with van der Waals surface area (Å²) in [5.41, 5.74) is 3.06. The number of amides is 2. The van der Waals surface area contributed by atoms with Gasteiger partial charge in [0, 0.05) is 23.3 Å². The second kappa shape index (κ2) is 9.41. The van der Waals surface area contributed by atoms with Gasteiger partial charge in [0.2, 0.25) is 0 Å². The third-order valence-electron chi connectivity index (χ3n) is 7.80. The lowest BCUT2D eigenvalue weighted by Gasteiger charge is -2.53. The molecule has 2 amide bonds. The van der Waals surface area contributed by atoms with Crippen LogP contribution in [0, 0.1) is 16.7 Å². The van der Waals surface area contributed by atoms with Crippen LogP contribution in [-0.4, -0.2) is 28.6 Å². The van der Waals surface area contributed by atoms with Gasteiger partial charge in [0.15, 0.2) is 0 Å². The zero-order valence-electron chi connectivity index (χ0n) is 21.4. The van der Waals surface area contributed by atoms with Crippen LogP contribution < -0.4 is 5.32 Å². The summed E-state index contributed by atoms with van der Waals surface area (Å²) in [7, 11) is 0. The van der Waals surface area contributed by atoms with E-state index in [0.717, 1.165) is 47.4 Å². The molecule has 1 aliphatic carbocycles. The fraction of sp³-hybridized carbons (Fsp3) is 0.571. The van der Waals surface area contributed by atoms with E-state index in [-0.39, 0.29) is 41.3 Å². The molecule has 0 spiro atoms. The van der Waals surface area contributed by atoms with Gasteiger partial charge in [0.25, 0.3) is 0 Å². The smallest absolute Gasteiger partial charge is 0.331 e. The SMILES string of the molecule is C=C(CCN1C=C2C(C)C(C)(C)CC[C@@]2(c2ccc(CCC(C)(C)C)c(Cl)c2)NC1=O)C(=O)O. The van der Waals surface area contributed by atoms with E-state index in [1.54, 1.807) is 4.90 Å². The van der Waals surface area contributed by atoms with E-state index in [2.05, 4.69) is 65.6 Å². The molecule has 0 radical (unpaired) electrons. The maximum atomic E-state index is 13.2. The van der Waals surface area contributed by atoms with E-state index in [9.17, 15) is 9.59 Å². The standard InChI is InChI=1S/C28H39ClN2O3/c1-18(24(32)33)11-15-31-17-22-19(2)27(6,7)13-14-28(22,30-25(31)34)21-9-8-20(23(29)16-21)10-12-26(3,4)5/h8-9,16-17,19H,1,10-15H2,2-7H3,(H,30,34)(H,32,33)/t19?,28-/m0/s1. The molecular weight excluding hydrogens is 448 g/mol. The summed E-state index contributed by atoms with van der Waals surface area (Å²) >= 11 is 6.77. The minimum atomic E-state index is -1.03. The van der Waals surface area contributed by atoms with Crippen molar-refractivity contribution in [3.63, 3.8) is 0 Å². The van der Waals surface area contributed by atoms with Gasteiger partial charge in [-0.2, -0.15) is 0 Å². The molecule has 0 saturated heterocycles. The van der Waals surface area contributed by atoms with Gasteiger partial charge in [-0.05, 0) is 71.6 Å². The summed E-state index contributed by atoms with van der Waals surface area (Å²) in [5.74, 6) is -0.820. The van der Waals surface area contributed by atoms with Crippen molar-refractivity contribution in [3.8, 4) is 0 Å². The van der Waals surface area contributed by atoms with Gasteiger partial charge in [0.05, 0.1) is 5.54 Å². The van der Waals surface area contributed by atoms with Gasteiger partial charge in [-0.1, -0.05) is 71.9 Å². The Morgan fingerprint density at radius 2 is 1.97 bits per heavy atom. The number of carboxylic acid groups (broad SMARTS) is 1. The minimum absolute atomic E-state index is 0.0736. The molecule has 1 aliphatic heterocycles. The highest BCUT2D eigenvalue weighted by Crippen LogP contribution is 2.53. The number of benzene rings is 1. The maximum absolute atomic E-state index is 13.2. The number of hydrogen-bond donors (Lipinski definition) is 2. The van der Waals surface area contributed by atoms with Gasteiger partial charge in [-0.3, -0.25) is 0 Å². The Hall–Kier alpha value is -2.27. The number of aliphatic carboxylic acids is 1. The van der Waals surface area contributed by atoms with E-state index < -0.39 is 11.5 Å². The average Bonchev–Trinajstić information content (AvgIpc) is 2.73. The number of halogens is 1. The molecular formula is C28H39ClN2O3. The van der Waals surface area contributed by atoms with Crippen LogP contribution in [0.15, 0.2) is 42.1 Å². The van der Waals surface area contributed by atoms with Crippen LogP contribution in [0.4, 0.5) is 4.79 Å². The van der Waals surface area contributed by atoms with Crippen molar-refractivity contribution >= 4 is 23.6 Å².